The van der Waals surface area contributed by atoms with E-state index in [1.54, 1.807) is 11.3 Å². The third kappa shape index (κ3) is 3.42. The van der Waals surface area contributed by atoms with Crippen LogP contribution in [0.2, 0.25) is 0 Å². The van der Waals surface area contributed by atoms with Crippen molar-refractivity contribution in [2.45, 2.75) is 25.7 Å². The van der Waals surface area contributed by atoms with Crippen molar-refractivity contribution in [1.82, 2.24) is 0 Å². The second-order valence-corrected chi connectivity index (χ2v) is 5.24. The van der Waals surface area contributed by atoms with E-state index in [-0.39, 0.29) is 12.5 Å². The van der Waals surface area contributed by atoms with E-state index in [1.807, 2.05) is 0 Å². The van der Waals surface area contributed by atoms with Crippen LogP contribution >= 0.6 is 11.3 Å². The predicted molar refractivity (Wildman–Crippen MR) is 73.6 cm³/mol. The molecule has 90 valence electrons. The van der Waals surface area contributed by atoms with Gasteiger partial charge in [-0.25, -0.2) is 0 Å². The lowest BCUT2D eigenvalue weighted by Crippen LogP contribution is -2.05. The summed E-state index contributed by atoms with van der Waals surface area (Å²) >= 11 is 1.73. The highest BCUT2D eigenvalue weighted by molar-refractivity contribution is 7.07. The van der Waals surface area contributed by atoms with E-state index in [0.29, 0.717) is 0 Å². The number of aliphatic hydroxyl groups excluding tert-OH is 1. The van der Waals surface area contributed by atoms with Crippen molar-refractivity contribution < 1.29 is 5.11 Å². The summed E-state index contributed by atoms with van der Waals surface area (Å²) in [5.41, 5.74) is 3.89. The Morgan fingerprint density at radius 3 is 2.82 bits per heavy atom. The van der Waals surface area contributed by atoms with Crippen molar-refractivity contribution in [2.24, 2.45) is 0 Å². The van der Waals surface area contributed by atoms with Gasteiger partial charge in [-0.05, 0) is 47.7 Å². The van der Waals surface area contributed by atoms with Gasteiger partial charge in [0.25, 0.3) is 0 Å². The molecule has 1 nitrogen and oxygen atoms in total. The van der Waals surface area contributed by atoms with Gasteiger partial charge < -0.3 is 5.11 Å². The summed E-state index contributed by atoms with van der Waals surface area (Å²) in [7, 11) is 0. The van der Waals surface area contributed by atoms with Gasteiger partial charge in [-0.3, -0.25) is 0 Å². The van der Waals surface area contributed by atoms with Crippen LogP contribution < -0.4 is 0 Å². The minimum absolute atomic E-state index is 0.230. The van der Waals surface area contributed by atoms with Crippen molar-refractivity contribution in [3.8, 4) is 0 Å². The Kier molecular flexibility index (Phi) is 4.35. The molecular weight excluding hydrogens is 228 g/mol. The van der Waals surface area contributed by atoms with Crippen molar-refractivity contribution >= 4 is 11.3 Å². The Balaban J connectivity index is 2.01. The summed E-state index contributed by atoms with van der Waals surface area (Å²) in [5.74, 6) is 0.259. The van der Waals surface area contributed by atoms with Gasteiger partial charge in [0, 0.05) is 12.5 Å². The van der Waals surface area contributed by atoms with Gasteiger partial charge in [0.15, 0.2) is 0 Å². The van der Waals surface area contributed by atoms with Gasteiger partial charge >= 0.3 is 0 Å². The fraction of sp³-hybridized carbons (Fsp3) is 0.333. The molecule has 2 heteroatoms. The maximum atomic E-state index is 9.50. The standard InChI is InChI=1S/C15H18OS/c1-12-3-2-4-14(9-12)15(10-16)6-5-13-7-8-17-11-13/h2-4,7-9,11,15-16H,5-6,10H2,1H3. The lowest BCUT2D eigenvalue weighted by molar-refractivity contribution is 0.259. The number of benzene rings is 1. The first kappa shape index (κ1) is 12.3. The lowest BCUT2D eigenvalue weighted by atomic mass is 9.93. The van der Waals surface area contributed by atoms with Crippen LogP contribution in [0.25, 0.3) is 0 Å². The summed E-state index contributed by atoms with van der Waals surface area (Å²) in [5, 5.41) is 13.8. The van der Waals surface area contributed by atoms with Crippen LogP contribution in [-0.4, -0.2) is 11.7 Å². The molecule has 1 aromatic carbocycles. The first-order chi connectivity index (χ1) is 8.29. The maximum absolute atomic E-state index is 9.50. The fourth-order valence-electron chi connectivity index (χ4n) is 2.06. The molecule has 0 aliphatic rings. The Labute approximate surface area is 107 Å². The Hall–Kier alpha value is -1.12. The van der Waals surface area contributed by atoms with Crippen LogP contribution in [0.1, 0.15) is 29.0 Å². The number of aryl methyl sites for hydroxylation is 2. The molecule has 0 aliphatic heterocycles. The van der Waals surface area contributed by atoms with Crippen LogP contribution in [0.4, 0.5) is 0 Å². The van der Waals surface area contributed by atoms with E-state index in [9.17, 15) is 5.11 Å². The van der Waals surface area contributed by atoms with E-state index in [1.165, 1.54) is 16.7 Å². The molecule has 2 aromatic rings. The first-order valence-corrected chi connectivity index (χ1v) is 6.92. The van der Waals surface area contributed by atoms with E-state index in [0.717, 1.165) is 12.8 Å². The van der Waals surface area contributed by atoms with E-state index >= 15 is 0 Å². The van der Waals surface area contributed by atoms with Crippen LogP contribution in [-0.2, 0) is 6.42 Å². The molecular formula is C15H18OS. The van der Waals surface area contributed by atoms with E-state index in [4.69, 9.17) is 0 Å². The SMILES string of the molecule is Cc1cccc(C(CO)CCc2ccsc2)c1. The lowest BCUT2D eigenvalue weighted by Gasteiger charge is -2.14. The van der Waals surface area contributed by atoms with Crippen molar-refractivity contribution in [3.05, 3.63) is 57.8 Å². The average molecular weight is 246 g/mol. The van der Waals surface area contributed by atoms with Crippen molar-refractivity contribution in [2.75, 3.05) is 6.61 Å². The van der Waals surface area contributed by atoms with Gasteiger partial charge in [-0.2, -0.15) is 11.3 Å². The quantitative estimate of drug-likeness (QED) is 0.851. The number of aliphatic hydroxyl groups is 1. The Morgan fingerprint density at radius 2 is 2.18 bits per heavy atom. The zero-order valence-corrected chi connectivity index (χ0v) is 10.9. The smallest absolute Gasteiger partial charge is 0.0499 e. The average Bonchev–Trinajstić information content (AvgIpc) is 2.83. The third-order valence-electron chi connectivity index (χ3n) is 3.10. The first-order valence-electron chi connectivity index (χ1n) is 5.98. The highest BCUT2D eigenvalue weighted by Crippen LogP contribution is 2.22. The zero-order chi connectivity index (χ0) is 12.1. The summed E-state index contributed by atoms with van der Waals surface area (Å²) in [6.07, 6.45) is 2.05. The fourth-order valence-corrected chi connectivity index (χ4v) is 2.77. The zero-order valence-electron chi connectivity index (χ0n) is 10.1. The number of thiophene rings is 1. The topological polar surface area (TPSA) is 20.2 Å². The molecule has 0 saturated heterocycles. The molecule has 0 fully saturated rings. The summed E-state index contributed by atoms with van der Waals surface area (Å²) in [6.45, 7) is 2.32. The number of rotatable bonds is 5. The summed E-state index contributed by atoms with van der Waals surface area (Å²) < 4.78 is 0. The van der Waals surface area contributed by atoms with Gasteiger partial charge in [-0.1, -0.05) is 29.8 Å². The van der Waals surface area contributed by atoms with Gasteiger partial charge in [-0.15, -0.1) is 0 Å². The monoisotopic (exact) mass is 246 g/mol. The molecule has 0 spiro atoms. The second kappa shape index (κ2) is 5.99. The molecule has 0 radical (unpaired) electrons. The predicted octanol–water partition coefficient (Wildman–Crippen LogP) is 3.77. The Bertz CT molecular complexity index is 448. The van der Waals surface area contributed by atoms with Crippen molar-refractivity contribution in [3.63, 3.8) is 0 Å². The molecule has 2 rings (SSSR count). The minimum Gasteiger partial charge on any atom is -0.396 e. The molecule has 1 N–H and O–H groups in total. The molecule has 0 bridgehead atoms. The van der Waals surface area contributed by atoms with Gasteiger partial charge in [0.1, 0.15) is 0 Å². The van der Waals surface area contributed by atoms with E-state index in [2.05, 4.69) is 48.0 Å². The Morgan fingerprint density at radius 1 is 1.29 bits per heavy atom. The molecule has 1 atom stereocenters. The largest absolute Gasteiger partial charge is 0.396 e. The molecule has 1 aromatic heterocycles. The molecule has 0 aliphatic carbocycles. The second-order valence-electron chi connectivity index (χ2n) is 4.46. The highest BCUT2D eigenvalue weighted by atomic mass is 32.1. The molecule has 17 heavy (non-hydrogen) atoms. The molecule has 1 unspecified atom stereocenters. The number of hydrogen-bond acceptors (Lipinski definition) is 2. The van der Waals surface area contributed by atoms with Crippen LogP contribution in [0.3, 0.4) is 0 Å². The third-order valence-corrected chi connectivity index (χ3v) is 3.83. The highest BCUT2D eigenvalue weighted by Gasteiger charge is 2.10. The summed E-state index contributed by atoms with van der Waals surface area (Å²) in [4.78, 5) is 0. The number of hydrogen-bond donors (Lipinski definition) is 1. The molecule has 0 amide bonds. The minimum atomic E-state index is 0.230. The van der Waals surface area contributed by atoms with Gasteiger partial charge in [0.2, 0.25) is 0 Å². The van der Waals surface area contributed by atoms with E-state index < -0.39 is 0 Å². The van der Waals surface area contributed by atoms with Crippen LogP contribution in [0.15, 0.2) is 41.1 Å². The summed E-state index contributed by atoms with van der Waals surface area (Å²) in [6, 6.07) is 10.6. The van der Waals surface area contributed by atoms with Crippen molar-refractivity contribution in [1.29, 1.82) is 0 Å². The molecule has 1 heterocycles. The normalized spacial score (nSPS) is 12.6. The van der Waals surface area contributed by atoms with Crippen LogP contribution in [0.5, 0.6) is 0 Å². The van der Waals surface area contributed by atoms with Crippen LogP contribution in [0, 0.1) is 6.92 Å². The van der Waals surface area contributed by atoms with Gasteiger partial charge in [0.05, 0.1) is 0 Å². The maximum Gasteiger partial charge on any atom is 0.0499 e. The molecule has 0 saturated carbocycles.